The van der Waals surface area contributed by atoms with Gasteiger partial charge in [-0.1, -0.05) is 23.4 Å². The van der Waals surface area contributed by atoms with Crippen molar-refractivity contribution in [2.24, 2.45) is 10.9 Å². The highest BCUT2D eigenvalue weighted by Gasteiger charge is 2.12. The summed E-state index contributed by atoms with van der Waals surface area (Å²) in [5.74, 6) is 1.32. The van der Waals surface area contributed by atoms with Gasteiger partial charge in [0, 0.05) is 4.47 Å². The molecule has 0 spiro atoms. The van der Waals surface area contributed by atoms with Crippen molar-refractivity contribution in [2.45, 2.75) is 6.61 Å². The van der Waals surface area contributed by atoms with Crippen LogP contribution in [0.5, 0.6) is 11.5 Å². The average Bonchev–Trinajstić information content (AvgIpc) is 2.52. The van der Waals surface area contributed by atoms with Crippen LogP contribution < -0.4 is 15.2 Å². The molecule has 0 aliphatic rings. The first kappa shape index (κ1) is 15.2. The van der Waals surface area contributed by atoms with E-state index in [4.69, 9.17) is 20.4 Å². The van der Waals surface area contributed by atoms with E-state index < -0.39 is 0 Å². The van der Waals surface area contributed by atoms with Crippen molar-refractivity contribution < 1.29 is 14.7 Å². The standard InChI is InChI=1S/C15H15BrN2O3/c1-20-11-7-5-10(6-8-11)9-21-13-4-2-3-12(16)14(13)15(17)18-19/h2-8,19H,9H2,1H3,(H2,17,18). The largest absolute Gasteiger partial charge is 0.497 e. The van der Waals surface area contributed by atoms with Crippen molar-refractivity contribution >= 4 is 21.8 Å². The number of nitrogens with zero attached hydrogens (tertiary/aromatic N) is 1. The van der Waals surface area contributed by atoms with E-state index in [0.29, 0.717) is 22.4 Å². The molecule has 0 amide bonds. The minimum absolute atomic E-state index is 0.00722. The molecule has 2 aromatic carbocycles. The number of ether oxygens (including phenoxy) is 2. The van der Waals surface area contributed by atoms with Crippen molar-refractivity contribution in [3.05, 3.63) is 58.1 Å². The first-order valence-corrected chi connectivity index (χ1v) is 6.97. The van der Waals surface area contributed by atoms with Crippen molar-refractivity contribution in [3.63, 3.8) is 0 Å². The maximum Gasteiger partial charge on any atom is 0.174 e. The SMILES string of the molecule is COc1ccc(COc2cccc(Br)c2/C(N)=N/O)cc1. The molecule has 0 saturated carbocycles. The highest BCUT2D eigenvalue weighted by Crippen LogP contribution is 2.27. The Morgan fingerprint density at radius 3 is 2.57 bits per heavy atom. The Morgan fingerprint density at radius 2 is 1.95 bits per heavy atom. The molecule has 5 nitrogen and oxygen atoms in total. The van der Waals surface area contributed by atoms with Crippen molar-refractivity contribution in [3.8, 4) is 11.5 Å². The van der Waals surface area contributed by atoms with Crippen molar-refractivity contribution in [1.29, 1.82) is 0 Å². The Kier molecular flexibility index (Phi) is 5.05. The first-order valence-electron chi connectivity index (χ1n) is 6.18. The number of hydrogen-bond donors (Lipinski definition) is 2. The molecule has 6 heteroatoms. The summed E-state index contributed by atoms with van der Waals surface area (Å²) in [5, 5.41) is 11.9. The molecule has 2 rings (SSSR count). The number of halogens is 1. The number of nitrogens with two attached hydrogens (primary N) is 1. The lowest BCUT2D eigenvalue weighted by Crippen LogP contribution is -2.15. The highest BCUT2D eigenvalue weighted by atomic mass is 79.9. The third kappa shape index (κ3) is 3.66. The van der Waals surface area contributed by atoms with E-state index in [1.54, 1.807) is 19.2 Å². The van der Waals surface area contributed by atoms with Gasteiger partial charge in [-0.2, -0.15) is 0 Å². The van der Waals surface area contributed by atoms with Gasteiger partial charge in [-0.25, -0.2) is 0 Å². The smallest absolute Gasteiger partial charge is 0.174 e. The van der Waals surface area contributed by atoms with Gasteiger partial charge in [0.1, 0.15) is 18.1 Å². The summed E-state index contributed by atoms with van der Waals surface area (Å²) < 4.78 is 11.6. The Labute approximate surface area is 131 Å². The second kappa shape index (κ2) is 6.99. The number of hydrogen-bond acceptors (Lipinski definition) is 4. The lowest BCUT2D eigenvalue weighted by atomic mass is 10.2. The number of methoxy groups -OCH3 is 1. The van der Waals surface area contributed by atoms with E-state index in [1.807, 2.05) is 30.3 Å². The molecule has 0 heterocycles. The molecule has 0 atom stereocenters. The summed E-state index contributed by atoms with van der Waals surface area (Å²) in [5.41, 5.74) is 7.19. The van der Waals surface area contributed by atoms with Crippen LogP contribution in [-0.4, -0.2) is 18.2 Å². The summed E-state index contributed by atoms with van der Waals surface area (Å²) in [6, 6.07) is 12.9. The minimum atomic E-state index is -0.00722. The molecule has 0 saturated heterocycles. The van der Waals surface area contributed by atoms with E-state index in [2.05, 4.69) is 21.1 Å². The summed E-state index contributed by atoms with van der Waals surface area (Å²) >= 11 is 3.37. The third-order valence-corrected chi connectivity index (χ3v) is 3.55. The van der Waals surface area contributed by atoms with Gasteiger partial charge in [0.05, 0.1) is 12.7 Å². The zero-order valence-electron chi connectivity index (χ0n) is 11.4. The summed E-state index contributed by atoms with van der Waals surface area (Å²) in [7, 11) is 1.62. The topological polar surface area (TPSA) is 77.1 Å². The molecule has 0 unspecified atom stereocenters. The van der Waals surface area contributed by atoms with Crippen molar-refractivity contribution in [1.82, 2.24) is 0 Å². The van der Waals surface area contributed by atoms with Crippen LogP contribution in [0.25, 0.3) is 0 Å². The molecule has 3 N–H and O–H groups in total. The Hall–Kier alpha value is -2.21. The van der Waals surface area contributed by atoms with E-state index in [0.717, 1.165) is 11.3 Å². The van der Waals surface area contributed by atoms with Gasteiger partial charge in [0.25, 0.3) is 0 Å². The van der Waals surface area contributed by atoms with Crippen molar-refractivity contribution in [2.75, 3.05) is 7.11 Å². The van der Waals surface area contributed by atoms with Gasteiger partial charge in [-0.05, 0) is 45.8 Å². The summed E-state index contributed by atoms with van der Waals surface area (Å²) in [6.45, 7) is 0.367. The molecular formula is C15H15BrN2O3. The maximum atomic E-state index is 8.85. The van der Waals surface area contributed by atoms with Crippen LogP contribution in [0.4, 0.5) is 0 Å². The van der Waals surface area contributed by atoms with Gasteiger partial charge in [0.2, 0.25) is 0 Å². The lowest BCUT2D eigenvalue weighted by molar-refractivity contribution is 0.302. The van der Waals surface area contributed by atoms with Crippen LogP contribution in [0.15, 0.2) is 52.1 Å². The Balaban J connectivity index is 2.18. The van der Waals surface area contributed by atoms with Crippen LogP contribution in [0.2, 0.25) is 0 Å². The second-order valence-electron chi connectivity index (χ2n) is 4.23. The zero-order valence-corrected chi connectivity index (χ0v) is 13.0. The number of benzene rings is 2. The molecule has 0 bridgehead atoms. The van der Waals surface area contributed by atoms with Crippen LogP contribution in [0, 0.1) is 0 Å². The second-order valence-corrected chi connectivity index (χ2v) is 5.09. The van der Waals surface area contributed by atoms with Crippen LogP contribution >= 0.6 is 15.9 Å². The molecule has 0 fully saturated rings. The minimum Gasteiger partial charge on any atom is -0.497 e. The molecule has 0 aliphatic heterocycles. The summed E-state index contributed by atoms with van der Waals surface area (Å²) in [6.07, 6.45) is 0. The van der Waals surface area contributed by atoms with Crippen LogP contribution in [0.3, 0.4) is 0 Å². The Bertz CT molecular complexity index is 642. The monoisotopic (exact) mass is 350 g/mol. The lowest BCUT2D eigenvalue weighted by Gasteiger charge is -2.12. The van der Waals surface area contributed by atoms with E-state index in [1.165, 1.54) is 0 Å². The Morgan fingerprint density at radius 1 is 1.24 bits per heavy atom. The molecule has 0 aliphatic carbocycles. The normalized spacial score (nSPS) is 11.2. The third-order valence-electron chi connectivity index (χ3n) is 2.89. The highest BCUT2D eigenvalue weighted by molar-refractivity contribution is 9.10. The maximum absolute atomic E-state index is 8.85. The molecule has 0 aromatic heterocycles. The average molecular weight is 351 g/mol. The van der Waals surface area contributed by atoms with Crippen LogP contribution in [-0.2, 0) is 6.61 Å². The molecule has 0 radical (unpaired) electrons. The fourth-order valence-electron chi connectivity index (χ4n) is 1.81. The number of amidine groups is 1. The quantitative estimate of drug-likeness (QED) is 0.376. The molecule has 21 heavy (non-hydrogen) atoms. The molecule has 2 aromatic rings. The van der Waals surface area contributed by atoms with E-state index in [9.17, 15) is 0 Å². The fraction of sp³-hybridized carbons (Fsp3) is 0.133. The van der Waals surface area contributed by atoms with E-state index in [-0.39, 0.29) is 5.84 Å². The predicted molar refractivity (Wildman–Crippen MR) is 84.0 cm³/mol. The first-order chi connectivity index (χ1) is 10.2. The zero-order chi connectivity index (χ0) is 15.2. The molecular weight excluding hydrogens is 336 g/mol. The summed E-state index contributed by atoms with van der Waals surface area (Å²) in [4.78, 5) is 0. The van der Waals surface area contributed by atoms with E-state index >= 15 is 0 Å². The number of rotatable bonds is 5. The van der Waals surface area contributed by atoms with Gasteiger partial charge in [0.15, 0.2) is 5.84 Å². The van der Waals surface area contributed by atoms with Gasteiger partial charge in [-0.3, -0.25) is 0 Å². The predicted octanol–water partition coefficient (Wildman–Crippen LogP) is 3.13. The fourth-order valence-corrected chi connectivity index (χ4v) is 2.36. The van der Waals surface area contributed by atoms with Gasteiger partial charge >= 0.3 is 0 Å². The van der Waals surface area contributed by atoms with Gasteiger partial charge in [-0.15, -0.1) is 0 Å². The molecule has 110 valence electrons. The number of oxime groups is 1. The van der Waals surface area contributed by atoms with Crippen LogP contribution in [0.1, 0.15) is 11.1 Å². The van der Waals surface area contributed by atoms with Gasteiger partial charge < -0.3 is 20.4 Å².